The summed E-state index contributed by atoms with van der Waals surface area (Å²) in [5.41, 5.74) is 3.18. The summed E-state index contributed by atoms with van der Waals surface area (Å²) in [5, 5.41) is 7.16. The fourth-order valence-electron chi connectivity index (χ4n) is 3.12. The van der Waals surface area contributed by atoms with Crippen LogP contribution < -0.4 is 0 Å². The number of rotatable bonds is 4. The van der Waals surface area contributed by atoms with Crippen molar-refractivity contribution < 1.29 is 4.42 Å². The summed E-state index contributed by atoms with van der Waals surface area (Å²) < 4.78 is 5.63. The number of oxazole rings is 1. The Morgan fingerprint density at radius 1 is 1.23 bits per heavy atom. The summed E-state index contributed by atoms with van der Waals surface area (Å²) in [6.45, 7) is 1.89. The lowest BCUT2D eigenvalue weighted by atomic mass is 10.1. The van der Waals surface area contributed by atoms with Crippen molar-refractivity contribution >= 4 is 0 Å². The van der Waals surface area contributed by atoms with Crippen molar-refractivity contribution in [2.45, 2.75) is 25.4 Å². The third-order valence-corrected chi connectivity index (χ3v) is 4.18. The molecule has 0 unspecified atom stereocenters. The zero-order valence-corrected chi connectivity index (χ0v) is 12.3. The lowest BCUT2D eigenvalue weighted by molar-refractivity contribution is 0.241. The van der Waals surface area contributed by atoms with Gasteiger partial charge in [0.25, 0.3) is 0 Å². The molecular formula is C17H18N4O. The van der Waals surface area contributed by atoms with Crippen LogP contribution in [0.1, 0.15) is 30.3 Å². The van der Waals surface area contributed by atoms with Crippen LogP contribution in [0.15, 0.2) is 53.3 Å². The van der Waals surface area contributed by atoms with Crippen molar-refractivity contribution in [2.24, 2.45) is 0 Å². The van der Waals surface area contributed by atoms with Gasteiger partial charge < -0.3 is 4.42 Å². The highest BCUT2D eigenvalue weighted by Gasteiger charge is 2.27. The van der Waals surface area contributed by atoms with E-state index in [2.05, 4.69) is 26.1 Å². The molecule has 1 aliphatic rings. The van der Waals surface area contributed by atoms with Crippen LogP contribution in [0, 0.1) is 0 Å². The molecule has 5 nitrogen and oxygen atoms in total. The van der Waals surface area contributed by atoms with E-state index in [1.165, 1.54) is 12.1 Å². The molecule has 1 aliphatic heterocycles. The van der Waals surface area contributed by atoms with Gasteiger partial charge >= 0.3 is 0 Å². The van der Waals surface area contributed by atoms with Gasteiger partial charge in [0.2, 0.25) is 5.89 Å². The number of aromatic amines is 1. The second-order valence-electron chi connectivity index (χ2n) is 5.65. The van der Waals surface area contributed by atoms with E-state index in [1.807, 2.05) is 36.5 Å². The molecular weight excluding hydrogens is 276 g/mol. The first-order valence-corrected chi connectivity index (χ1v) is 7.63. The van der Waals surface area contributed by atoms with Gasteiger partial charge in [-0.15, -0.1) is 0 Å². The SMILES string of the molecule is c1ccc(-c2nc(CN3CCC[C@@H]3c3ccn[nH]3)co2)cc1. The molecule has 112 valence electrons. The quantitative estimate of drug-likeness (QED) is 0.801. The van der Waals surface area contributed by atoms with Crippen LogP contribution in [-0.2, 0) is 6.54 Å². The Bertz CT molecular complexity index is 720. The van der Waals surface area contributed by atoms with Gasteiger partial charge in [0.15, 0.2) is 0 Å². The number of aromatic nitrogens is 3. The molecule has 3 aromatic rings. The maximum Gasteiger partial charge on any atom is 0.226 e. The monoisotopic (exact) mass is 294 g/mol. The Hall–Kier alpha value is -2.40. The first kappa shape index (κ1) is 13.3. The van der Waals surface area contributed by atoms with Crippen LogP contribution in [-0.4, -0.2) is 26.6 Å². The van der Waals surface area contributed by atoms with Crippen molar-refractivity contribution in [3.05, 3.63) is 60.2 Å². The molecule has 22 heavy (non-hydrogen) atoms. The zero-order chi connectivity index (χ0) is 14.8. The minimum atomic E-state index is 0.402. The van der Waals surface area contributed by atoms with E-state index < -0.39 is 0 Å². The normalized spacial score (nSPS) is 18.8. The van der Waals surface area contributed by atoms with Crippen LogP contribution >= 0.6 is 0 Å². The van der Waals surface area contributed by atoms with Crippen LogP contribution in [0.3, 0.4) is 0 Å². The Kier molecular flexibility index (Phi) is 3.48. The molecule has 0 aliphatic carbocycles. The van der Waals surface area contributed by atoms with E-state index in [-0.39, 0.29) is 0 Å². The van der Waals surface area contributed by atoms with Gasteiger partial charge in [-0.05, 0) is 37.6 Å². The summed E-state index contributed by atoms with van der Waals surface area (Å²) >= 11 is 0. The molecule has 1 N–H and O–H groups in total. The number of hydrogen-bond donors (Lipinski definition) is 1. The molecule has 0 saturated carbocycles. The Morgan fingerprint density at radius 3 is 2.95 bits per heavy atom. The molecule has 1 atom stereocenters. The van der Waals surface area contributed by atoms with E-state index in [9.17, 15) is 0 Å². The van der Waals surface area contributed by atoms with Gasteiger partial charge in [-0.2, -0.15) is 5.10 Å². The van der Waals surface area contributed by atoms with Gasteiger partial charge in [-0.25, -0.2) is 4.98 Å². The molecule has 1 aromatic carbocycles. The smallest absolute Gasteiger partial charge is 0.226 e. The first-order valence-electron chi connectivity index (χ1n) is 7.63. The van der Waals surface area contributed by atoms with E-state index >= 15 is 0 Å². The average Bonchev–Trinajstić information content (AvgIpc) is 3.30. The highest BCUT2D eigenvalue weighted by atomic mass is 16.3. The minimum absolute atomic E-state index is 0.402. The maximum atomic E-state index is 5.63. The molecule has 5 heteroatoms. The van der Waals surface area contributed by atoms with Crippen molar-refractivity contribution in [1.29, 1.82) is 0 Å². The molecule has 0 bridgehead atoms. The fourth-order valence-corrected chi connectivity index (χ4v) is 3.12. The predicted octanol–water partition coefficient (Wildman–Crippen LogP) is 3.40. The van der Waals surface area contributed by atoms with Gasteiger partial charge in [0.1, 0.15) is 6.26 Å². The highest BCUT2D eigenvalue weighted by Crippen LogP contribution is 2.32. The van der Waals surface area contributed by atoms with Crippen molar-refractivity contribution in [2.75, 3.05) is 6.54 Å². The van der Waals surface area contributed by atoms with E-state index in [4.69, 9.17) is 4.42 Å². The number of nitrogens with one attached hydrogen (secondary N) is 1. The number of nitrogens with zero attached hydrogens (tertiary/aromatic N) is 3. The Labute approximate surface area is 129 Å². The Morgan fingerprint density at radius 2 is 2.14 bits per heavy atom. The summed E-state index contributed by atoms with van der Waals surface area (Å²) in [6.07, 6.45) is 5.94. The largest absolute Gasteiger partial charge is 0.444 e. The van der Waals surface area contributed by atoms with Crippen LogP contribution in [0.2, 0.25) is 0 Å². The topological polar surface area (TPSA) is 58.0 Å². The fraction of sp³-hybridized carbons (Fsp3) is 0.294. The average molecular weight is 294 g/mol. The maximum absolute atomic E-state index is 5.63. The van der Waals surface area contributed by atoms with Crippen LogP contribution in [0.25, 0.3) is 11.5 Å². The van der Waals surface area contributed by atoms with Crippen molar-refractivity contribution in [3.63, 3.8) is 0 Å². The molecule has 4 rings (SSSR count). The lowest BCUT2D eigenvalue weighted by Gasteiger charge is -2.21. The molecule has 1 fully saturated rings. The van der Waals surface area contributed by atoms with E-state index in [0.29, 0.717) is 11.9 Å². The van der Waals surface area contributed by atoms with E-state index in [0.717, 1.165) is 30.8 Å². The molecule has 1 saturated heterocycles. The number of benzene rings is 1. The number of likely N-dealkylation sites (tertiary alicyclic amines) is 1. The summed E-state index contributed by atoms with van der Waals surface area (Å²) in [6, 6.07) is 12.5. The summed E-state index contributed by atoms with van der Waals surface area (Å²) in [5.74, 6) is 0.688. The zero-order valence-electron chi connectivity index (χ0n) is 12.3. The predicted molar refractivity (Wildman–Crippen MR) is 82.9 cm³/mol. The van der Waals surface area contributed by atoms with E-state index in [1.54, 1.807) is 6.26 Å². The van der Waals surface area contributed by atoms with Gasteiger partial charge in [-0.1, -0.05) is 18.2 Å². The molecule has 2 aromatic heterocycles. The molecule has 0 amide bonds. The Balaban J connectivity index is 1.51. The third kappa shape index (κ3) is 2.55. The van der Waals surface area contributed by atoms with Gasteiger partial charge in [-0.3, -0.25) is 10.00 Å². The minimum Gasteiger partial charge on any atom is -0.444 e. The standard InChI is InChI=1S/C17H18N4O/c1-2-5-13(6-3-1)17-19-14(12-22-17)11-21-10-4-7-16(21)15-8-9-18-20-15/h1-3,5-6,8-9,12,16H,4,7,10-11H2,(H,18,20)/t16-/m1/s1. The second-order valence-corrected chi connectivity index (χ2v) is 5.65. The van der Waals surface area contributed by atoms with Crippen molar-refractivity contribution in [1.82, 2.24) is 20.1 Å². The molecule has 0 radical (unpaired) electrons. The number of H-pyrrole nitrogens is 1. The molecule has 0 spiro atoms. The molecule has 3 heterocycles. The summed E-state index contributed by atoms with van der Waals surface area (Å²) in [4.78, 5) is 7.06. The van der Waals surface area contributed by atoms with Gasteiger partial charge in [0, 0.05) is 18.3 Å². The van der Waals surface area contributed by atoms with Crippen molar-refractivity contribution in [3.8, 4) is 11.5 Å². The highest BCUT2D eigenvalue weighted by molar-refractivity contribution is 5.52. The van der Waals surface area contributed by atoms with Gasteiger partial charge in [0.05, 0.1) is 17.4 Å². The lowest BCUT2D eigenvalue weighted by Crippen LogP contribution is -2.23. The number of hydrogen-bond acceptors (Lipinski definition) is 4. The second kappa shape index (κ2) is 5.77. The van der Waals surface area contributed by atoms with Crippen LogP contribution in [0.4, 0.5) is 0 Å². The third-order valence-electron chi connectivity index (χ3n) is 4.18. The van der Waals surface area contributed by atoms with Crippen LogP contribution in [0.5, 0.6) is 0 Å². The first-order chi connectivity index (χ1) is 10.9. The summed E-state index contributed by atoms with van der Waals surface area (Å²) in [7, 11) is 0.